The molecule has 0 unspecified atom stereocenters. The fourth-order valence-electron chi connectivity index (χ4n) is 1.17. The number of rotatable bonds is 2. The molecule has 0 saturated heterocycles. The lowest BCUT2D eigenvalue weighted by Crippen LogP contribution is -2.21. The standard InChI is InChI=1S/C11H14O3.C6H6/c1-11(2,3)14-13-10(12)9-7-5-4-6-8-9;1-2-4-6-5-3-1/h4-8H,1-3H3;1-6H. The molecule has 0 amide bonds. The Kier molecular flexibility index (Phi) is 6.47. The van der Waals surface area contributed by atoms with E-state index in [1.807, 2.05) is 63.2 Å². The van der Waals surface area contributed by atoms with E-state index >= 15 is 0 Å². The first-order valence-electron chi connectivity index (χ1n) is 6.44. The maximum Gasteiger partial charge on any atom is 0.373 e. The van der Waals surface area contributed by atoms with Crippen molar-refractivity contribution in [2.24, 2.45) is 0 Å². The maximum absolute atomic E-state index is 11.3. The Bertz CT molecular complexity index is 460. The van der Waals surface area contributed by atoms with Gasteiger partial charge in [0.2, 0.25) is 0 Å². The highest BCUT2D eigenvalue weighted by molar-refractivity contribution is 5.88. The summed E-state index contributed by atoms with van der Waals surface area (Å²) < 4.78 is 0. The summed E-state index contributed by atoms with van der Waals surface area (Å²) in [6.07, 6.45) is 0. The van der Waals surface area contributed by atoms with Gasteiger partial charge in [0, 0.05) is 0 Å². The monoisotopic (exact) mass is 272 g/mol. The second kappa shape index (κ2) is 8.12. The molecule has 0 heterocycles. The highest BCUT2D eigenvalue weighted by Gasteiger charge is 2.15. The molecule has 0 radical (unpaired) electrons. The van der Waals surface area contributed by atoms with Crippen LogP contribution in [0.3, 0.4) is 0 Å². The predicted octanol–water partition coefficient (Wildman–Crippen LogP) is 4.26. The van der Waals surface area contributed by atoms with Crippen LogP contribution in [0.15, 0.2) is 66.7 Å². The predicted molar refractivity (Wildman–Crippen MR) is 79.1 cm³/mol. The first-order valence-corrected chi connectivity index (χ1v) is 6.44. The molecular weight excluding hydrogens is 252 g/mol. The fourth-order valence-corrected chi connectivity index (χ4v) is 1.17. The third-order valence-corrected chi connectivity index (χ3v) is 2.04. The number of carbonyl (C=O) groups is 1. The number of benzene rings is 2. The quantitative estimate of drug-likeness (QED) is 0.605. The third kappa shape index (κ3) is 7.34. The van der Waals surface area contributed by atoms with Gasteiger partial charge >= 0.3 is 5.97 Å². The van der Waals surface area contributed by atoms with E-state index in [1.165, 1.54) is 0 Å². The highest BCUT2D eigenvalue weighted by atomic mass is 17.2. The van der Waals surface area contributed by atoms with Crippen LogP contribution in [0.25, 0.3) is 0 Å². The van der Waals surface area contributed by atoms with Gasteiger partial charge in [-0.1, -0.05) is 54.6 Å². The Hall–Kier alpha value is -2.13. The molecular formula is C17H20O3. The number of hydrogen-bond acceptors (Lipinski definition) is 3. The van der Waals surface area contributed by atoms with Gasteiger partial charge in [-0.2, -0.15) is 4.89 Å². The van der Waals surface area contributed by atoms with E-state index in [2.05, 4.69) is 4.89 Å². The zero-order valence-electron chi connectivity index (χ0n) is 12.1. The van der Waals surface area contributed by atoms with Gasteiger partial charge in [0.15, 0.2) is 0 Å². The normalized spacial score (nSPS) is 10.2. The van der Waals surface area contributed by atoms with Crippen molar-refractivity contribution < 1.29 is 14.6 Å². The summed E-state index contributed by atoms with van der Waals surface area (Å²) in [5, 5.41) is 0. The lowest BCUT2D eigenvalue weighted by molar-refractivity contribution is -0.301. The Morgan fingerprint density at radius 2 is 1.20 bits per heavy atom. The molecule has 0 saturated carbocycles. The van der Waals surface area contributed by atoms with Crippen LogP contribution in [0.1, 0.15) is 31.1 Å². The maximum atomic E-state index is 11.3. The largest absolute Gasteiger partial charge is 0.373 e. The minimum absolute atomic E-state index is 0.472. The summed E-state index contributed by atoms with van der Waals surface area (Å²) >= 11 is 0. The Balaban J connectivity index is 0.000000276. The summed E-state index contributed by atoms with van der Waals surface area (Å²) in [5.41, 5.74) is 0.00140. The molecule has 2 rings (SSSR count). The van der Waals surface area contributed by atoms with Crippen molar-refractivity contribution in [3.8, 4) is 0 Å². The SMILES string of the molecule is CC(C)(C)OOC(=O)c1ccccc1.c1ccccc1. The molecule has 0 atom stereocenters. The van der Waals surface area contributed by atoms with Crippen LogP contribution >= 0.6 is 0 Å². The average molecular weight is 272 g/mol. The van der Waals surface area contributed by atoms with Crippen molar-refractivity contribution in [2.45, 2.75) is 26.4 Å². The molecule has 2 aromatic carbocycles. The minimum atomic E-state index is -0.482. The van der Waals surface area contributed by atoms with Crippen LogP contribution in [-0.4, -0.2) is 11.6 Å². The Morgan fingerprint density at radius 1 is 0.800 bits per heavy atom. The lowest BCUT2D eigenvalue weighted by Gasteiger charge is -2.16. The summed E-state index contributed by atoms with van der Waals surface area (Å²) in [6.45, 7) is 5.43. The minimum Gasteiger partial charge on any atom is -0.292 e. The smallest absolute Gasteiger partial charge is 0.292 e. The Labute approximate surface area is 120 Å². The third-order valence-electron chi connectivity index (χ3n) is 2.04. The van der Waals surface area contributed by atoms with E-state index in [0.717, 1.165) is 0 Å². The van der Waals surface area contributed by atoms with Gasteiger partial charge in [0.05, 0.1) is 5.56 Å². The van der Waals surface area contributed by atoms with Gasteiger partial charge < -0.3 is 0 Å². The second-order valence-corrected chi connectivity index (χ2v) is 5.09. The average Bonchev–Trinajstić information content (AvgIpc) is 2.47. The van der Waals surface area contributed by atoms with Gasteiger partial charge in [-0.3, -0.25) is 4.89 Å². The van der Waals surface area contributed by atoms with Crippen LogP contribution in [0.4, 0.5) is 0 Å². The van der Waals surface area contributed by atoms with Gasteiger partial charge in [-0.15, -0.1) is 0 Å². The van der Waals surface area contributed by atoms with Crippen LogP contribution in [-0.2, 0) is 9.78 Å². The van der Waals surface area contributed by atoms with E-state index in [4.69, 9.17) is 4.89 Å². The van der Waals surface area contributed by atoms with E-state index in [1.54, 1.807) is 24.3 Å². The molecule has 2 aromatic rings. The number of carbonyl (C=O) groups excluding carboxylic acids is 1. The lowest BCUT2D eigenvalue weighted by atomic mass is 10.2. The summed E-state index contributed by atoms with van der Waals surface area (Å²) in [7, 11) is 0. The summed E-state index contributed by atoms with van der Waals surface area (Å²) in [6, 6.07) is 20.7. The van der Waals surface area contributed by atoms with Crippen LogP contribution in [0, 0.1) is 0 Å². The first kappa shape index (κ1) is 15.9. The molecule has 0 aliphatic heterocycles. The van der Waals surface area contributed by atoms with E-state index < -0.39 is 11.6 Å². The zero-order valence-corrected chi connectivity index (χ0v) is 12.1. The molecule has 106 valence electrons. The molecule has 0 fully saturated rings. The van der Waals surface area contributed by atoms with Gasteiger partial charge in [-0.25, -0.2) is 4.79 Å². The molecule has 0 aliphatic rings. The molecule has 0 aromatic heterocycles. The summed E-state index contributed by atoms with van der Waals surface area (Å²) in [5.74, 6) is -0.472. The number of hydrogen-bond donors (Lipinski definition) is 0. The van der Waals surface area contributed by atoms with Crippen molar-refractivity contribution in [3.05, 3.63) is 72.3 Å². The van der Waals surface area contributed by atoms with Crippen LogP contribution < -0.4 is 0 Å². The van der Waals surface area contributed by atoms with Crippen molar-refractivity contribution in [1.82, 2.24) is 0 Å². The van der Waals surface area contributed by atoms with Crippen LogP contribution in [0.2, 0.25) is 0 Å². The molecule has 20 heavy (non-hydrogen) atoms. The molecule has 0 bridgehead atoms. The second-order valence-electron chi connectivity index (χ2n) is 5.09. The van der Waals surface area contributed by atoms with Crippen molar-refractivity contribution >= 4 is 5.97 Å². The van der Waals surface area contributed by atoms with Gasteiger partial charge in [0.25, 0.3) is 0 Å². The molecule has 0 spiro atoms. The first-order chi connectivity index (χ1) is 9.49. The molecule has 3 heteroatoms. The summed E-state index contributed by atoms with van der Waals surface area (Å²) in [4.78, 5) is 20.9. The zero-order chi connectivity index (χ0) is 14.8. The topological polar surface area (TPSA) is 35.5 Å². The van der Waals surface area contributed by atoms with E-state index in [9.17, 15) is 4.79 Å². The van der Waals surface area contributed by atoms with E-state index in [0.29, 0.717) is 5.56 Å². The van der Waals surface area contributed by atoms with Crippen LogP contribution in [0.5, 0.6) is 0 Å². The molecule has 0 N–H and O–H groups in total. The van der Waals surface area contributed by atoms with Crippen molar-refractivity contribution in [1.29, 1.82) is 0 Å². The van der Waals surface area contributed by atoms with Crippen molar-refractivity contribution in [2.75, 3.05) is 0 Å². The Morgan fingerprint density at radius 3 is 1.60 bits per heavy atom. The van der Waals surface area contributed by atoms with Gasteiger partial charge in [0.1, 0.15) is 5.60 Å². The van der Waals surface area contributed by atoms with Gasteiger partial charge in [-0.05, 0) is 32.9 Å². The fraction of sp³-hybridized carbons (Fsp3) is 0.235. The highest BCUT2D eigenvalue weighted by Crippen LogP contribution is 2.09. The van der Waals surface area contributed by atoms with Crippen molar-refractivity contribution in [3.63, 3.8) is 0 Å². The molecule has 3 nitrogen and oxygen atoms in total. The molecule has 0 aliphatic carbocycles. The van der Waals surface area contributed by atoms with E-state index in [-0.39, 0.29) is 0 Å².